The van der Waals surface area contributed by atoms with Crippen LogP contribution in [0.4, 0.5) is 0 Å². The minimum absolute atomic E-state index is 0.161. The van der Waals surface area contributed by atoms with Gasteiger partial charge in [-0.1, -0.05) is 30.0 Å². The van der Waals surface area contributed by atoms with Crippen LogP contribution in [-0.2, 0) is 4.79 Å². The average molecular weight is 236 g/mol. The number of thioether (sulfide) groups is 1. The number of allylic oxidation sites excluding steroid dienone is 1. The molecule has 1 rings (SSSR count). The lowest BCUT2D eigenvalue weighted by Crippen LogP contribution is -1.84. The Morgan fingerprint density at radius 2 is 2.25 bits per heavy atom. The quantitative estimate of drug-likeness (QED) is 0.814. The van der Waals surface area contributed by atoms with E-state index in [2.05, 4.69) is 6.08 Å². The van der Waals surface area contributed by atoms with E-state index in [-0.39, 0.29) is 5.12 Å². The van der Waals surface area contributed by atoms with Crippen LogP contribution >= 0.6 is 11.8 Å². The van der Waals surface area contributed by atoms with E-state index in [1.54, 1.807) is 19.1 Å². The summed E-state index contributed by atoms with van der Waals surface area (Å²) in [7, 11) is 0. The number of carbonyl (C=O) groups excluding carboxylic acids is 1. The number of aromatic hydroxyl groups is 1. The summed E-state index contributed by atoms with van der Waals surface area (Å²) in [4.78, 5) is 10.7. The Labute approximate surface area is 100 Å². The predicted molar refractivity (Wildman–Crippen MR) is 69.6 cm³/mol. The number of aryl methyl sites for hydroxylation is 1. The largest absolute Gasteiger partial charge is 0.508 e. The molecule has 2 nitrogen and oxygen atoms in total. The van der Waals surface area contributed by atoms with E-state index in [0.717, 1.165) is 23.3 Å². The van der Waals surface area contributed by atoms with Gasteiger partial charge >= 0.3 is 0 Å². The molecule has 0 unspecified atom stereocenters. The molecule has 0 amide bonds. The van der Waals surface area contributed by atoms with Gasteiger partial charge in [0.1, 0.15) is 5.75 Å². The molecule has 0 aliphatic heterocycles. The number of hydrogen-bond acceptors (Lipinski definition) is 3. The normalized spacial score (nSPS) is 10.9. The minimum atomic E-state index is 0.161. The van der Waals surface area contributed by atoms with Crippen LogP contribution in [0, 0.1) is 6.92 Å². The van der Waals surface area contributed by atoms with Gasteiger partial charge in [0.15, 0.2) is 5.12 Å². The Morgan fingerprint density at radius 3 is 2.88 bits per heavy atom. The Kier molecular flexibility index (Phi) is 5.12. The van der Waals surface area contributed by atoms with Gasteiger partial charge in [0.25, 0.3) is 0 Å². The number of benzene rings is 1. The van der Waals surface area contributed by atoms with Crippen LogP contribution in [0.2, 0.25) is 0 Å². The number of phenols is 1. The summed E-state index contributed by atoms with van der Waals surface area (Å²) < 4.78 is 0. The number of rotatable bonds is 4. The first kappa shape index (κ1) is 12.8. The van der Waals surface area contributed by atoms with E-state index < -0.39 is 0 Å². The number of carbonyl (C=O) groups is 1. The topological polar surface area (TPSA) is 37.3 Å². The van der Waals surface area contributed by atoms with Gasteiger partial charge in [-0.25, -0.2) is 0 Å². The van der Waals surface area contributed by atoms with E-state index in [0.29, 0.717) is 5.75 Å². The number of hydrogen-bond donors (Lipinski definition) is 1. The third kappa shape index (κ3) is 4.53. The molecule has 16 heavy (non-hydrogen) atoms. The monoisotopic (exact) mass is 236 g/mol. The minimum Gasteiger partial charge on any atom is -0.508 e. The summed E-state index contributed by atoms with van der Waals surface area (Å²) >= 11 is 1.34. The van der Waals surface area contributed by atoms with Crippen molar-refractivity contribution in [2.24, 2.45) is 0 Å². The molecule has 1 aromatic rings. The van der Waals surface area contributed by atoms with Crippen molar-refractivity contribution >= 4 is 23.0 Å². The van der Waals surface area contributed by atoms with Crippen LogP contribution in [0.5, 0.6) is 5.75 Å². The fraction of sp³-hybridized carbons (Fsp3) is 0.308. The van der Waals surface area contributed by atoms with Gasteiger partial charge in [-0.15, -0.1) is 0 Å². The smallest absolute Gasteiger partial charge is 0.185 e. The molecule has 0 fully saturated rings. The van der Waals surface area contributed by atoms with E-state index in [9.17, 15) is 9.90 Å². The fourth-order valence-corrected chi connectivity index (χ4v) is 1.87. The second-order valence-electron chi connectivity index (χ2n) is 3.57. The van der Waals surface area contributed by atoms with Gasteiger partial charge in [-0.2, -0.15) is 0 Å². The standard InChI is InChI=1S/C13H16O2S/c1-10-9-13(15)7-6-12(10)5-3-4-8-16-11(2)14/h3,5-7,9,15H,4,8H2,1-2H3. The van der Waals surface area contributed by atoms with Crippen molar-refractivity contribution in [2.45, 2.75) is 20.3 Å². The lowest BCUT2D eigenvalue weighted by Gasteiger charge is -2.00. The van der Waals surface area contributed by atoms with Gasteiger partial charge < -0.3 is 5.11 Å². The van der Waals surface area contributed by atoms with E-state index >= 15 is 0 Å². The summed E-state index contributed by atoms with van der Waals surface area (Å²) in [5.74, 6) is 1.12. The summed E-state index contributed by atoms with van der Waals surface area (Å²) in [5.41, 5.74) is 2.15. The summed E-state index contributed by atoms with van der Waals surface area (Å²) in [5, 5.41) is 9.40. The van der Waals surface area contributed by atoms with E-state index in [1.807, 2.05) is 19.1 Å². The molecule has 1 aromatic carbocycles. The van der Waals surface area contributed by atoms with Crippen LogP contribution in [0.1, 0.15) is 24.5 Å². The first-order valence-electron chi connectivity index (χ1n) is 5.19. The molecule has 0 aromatic heterocycles. The van der Waals surface area contributed by atoms with Crippen molar-refractivity contribution in [1.82, 2.24) is 0 Å². The van der Waals surface area contributed by atoms with E-state index in [4.69, 9.17) is 0 Å². The summed E-state index contributed by atoms with van der Waals surface area (Å²) in [6, 6.07) is 5.31. The van der Waals surface area contributed by atoms with Gasteiger partial charge in [0.05, 0.1) is 0 Å². The third-order valence-electron chi connectivity index (χ3n) is 2.14. The predicted octanol–water partition coefficient (Wildman–Crippen LogP) is 3.38. The van der Waals surface area contributed by atoms with E-state index in [1.165, 1.54) is 11.8 Å². The van der Waals surface area contributed by atoms with Crippen LogP contribution in [0.3, 0.4) is 0 Å². The maximum atomic E-state index is 10.7. The van der Waals surface area contributed by atoms with Crippen LogP contribution < -0.4 is 0 Å². The van der Waals surface area contributed by atoms with Crippen LogP contribution in [0.25, 0.3) is 6.08 Å². The zero-order valence-corrected chi connectivity index (χ0v) is 10.4. The molecule has 1 N–H and O–H groups in total. The maximum absolute atomic E-state index is 10.7. The van der Waals surface area contributed by atoms with Crippen molar-refractivity contribution in [3.8, 4) is 5.75 Å². The molecule has 0 atom stereocenters. The molecule has 0 saturated carbocycles. The first-order valence-corrected chi connectivity index (χ1v) is 6.17. The molecule has 0 saturated heterocycles. The highest BCUT2D eigenvalue weighted by atomic mass is 32.2. The highest BCUT2D eigenvalue weighted by Crippen LogP contribution is 2.17. The SMILES string of the molecule is CC(=O)SCCC=Cc1ccc(O)cc1C. The molecule has 0 heterocycles. The van der Waals surface area contributed by atoms with Crippen molar-refractivity contribution in [2.75, 3.05) is 5.75 Å². The average Bonchev–Trinajstić information content (AvgIpc) is 2.20. The molecule has 86 valence electrons. The van der Waals surface area contributed by atoms with Crippen LogP contribution in [0.15, 0.2) is 24.3 Å². The van der Waals surface area contributed by atoms with Gasteiger partial charge in [0, 0.05) is 12.7 Å². The molecule has 0 spiro atoms. The summed E-state index contributed by atoms with van der Waals surface area (Å²) in [6.45, 7) is 3.54. The van der Waals surface area contributed by atoms with Crippen molar-refractivity contribution in [1.29, 1.82) is 0 Å². The van der Waals surface area contributed by atoms with Crippen molar-refractivity contribution < 1.29 is 9.90 Å². The zero-order chi connectivity index (χ0) is 12.0. The van der Waals surface area contributed by atoms with Crippen molar-refractivity contribution in [3.63, 3.8) is 0 Å². The second-order valence-corrected chi connectivity index (χ2v) is 4.84. The summed E-state index contributed by atoms with van der Waals surface area (Å²) in [6.07, 6.45) is 4.95. The molecule has 0 aliphatic rings. The lowest BCUT2D eigenvalue weighted by molar-refractivity contribution is -0.109. The van der Waals surface area contributed by atoms with Crippen LogP contribution in [-0.4, -0.2) is 16.0 Å². The Bertz CT molecular complexity index is 397. The molecule has 0 radical (unpaired) electrons. The lowest BCUT2D eigenvalue weighted by atomic mass is 10.1. The first-order chi connectivity index (χ1) is 7.59. The molecular formula is C13H16O2S. The Hall–Kier alpha value is -1.22. The Balaban J connectivity index is 2.47. The third-order valence-corrected chi connectivity index (χ3v) is 2.99. The number of phenolic OH excluding ortho intramolecular Hbond substituents is 1. The zero-order valence-electron chi connectivity index (χ0n) is 9.56. The highest BCUT2D eigenvalue weighted by molar-refractivity contribution is 8.13. The molecule has 0 aliphatic carbocycles. The van der Waals surface area contributed by atoms with Gasteiger partial charge in [-0.3, -0.25) is 4.79 Å². The maximum Gasteiger partial charge on any atom is 0.185 e. The second kappa shape index (κ2) is 6.38. The fourth-order valence-electron chi connectivity index (χ4n) is 1.33. The molecule has 0 bridgehead atoms. The highest BCUT2D eigenvalue weighted by Gasteiger charge is 1.95. The molecule has 3 heteroatoms. The van der Waals surface area contributed by atoms with Crippen molar-refractivity contribution in [3.05, 3.63) is 35.4 Å². The Morgan fingerprint density at radius 1 is 1.50 bits per heavy atom. The molecular weight excluding hydrogens is 220 g/mol. The van der Waals surface area contributed by atoms with Gasteiger partial charge in [-0.05, 0) is 36.6 Å². The van der Waals surface area contributed by atoms with Gasteiger partial charge in [0.2, 0.25) is 0 Å².